The first kappa shape index (κ1) is 26.2. The molecule has 0 aliphatic rings. The van der Waals surface area contributed by atoms with Gasteiger partial charge in [-0.2, -0.15) is 0 Å². The lowest BCUT2D eigenvalue weighted by atomic mass is 10.1. The van der Waals surface area contributed by atoms with Crippen LogP contribution in [0, 0.1) is 0 Å². The van der Waals surface area contributed by atoms with E-state index in [9.17, 15) is 15.0 Å². The number of likely N-dealkylation sites (N-methyl/N-ethyl adjacent to an activating group) is 1. The molecule has 0 radical (unpaired) electrons. The first-order chi connectivity index (χ1) is 17.8. The summed E-state index contributed by atoms with van der Waals surface area (Å²) in [7, 11) is 3.15. The molecule has 1 unspecified atom stereocenters. The highest BCUT2D eigenvalue weighted by molar-refractivity contribution is 7.14. The van der Waals surface area contributed by atoms with Gasteiger partial charge < -0.3 is 25.0 Å². The zero-order chi connectivity index (χ0) is 26.4. The number of rotatable bonds is 11. The fourth-order valence-corrected chi connectivity index (χ4v) is 4.77. The van der Waals surface area contributed by atoms with Crippen molar-refractivity contribution in [3.63, 3.8) is 0 Å². The number of ether oxygens (including phenoxy) is 1. The number of aromatic hydroxyl groups is 1. The number of hydrogen-bond donors (Lipinski definition) is 3. The maximum atomic E-state index is 11.0. The van der Waals surface area contributed by atoms with Crippen LogP contribution >= 0.6 is 11.3 Å². The van der Waals surface area contributed by atoms with Gasteiger partial charge in [-0.3, -0.25) is 9.69 Å². The number of benzene rings is 3. The van der Waals surface area contributed by atoms with Crippen molar-refractivity contribution in [3.05, 3.63) is 94.9 Å². The van der Waals surface area contributed by atoms with Gasteiger partial charge in [-0.1, -0.05) is 54.6 Å². The molecular formula is C28H29N3O5S. The second-order valence-corrected chi connectivity index (χ2v) is 9.50. The van der Waals surface area contributed by atoms with Gasteiger partial charge in [0.1, 0.15) is 17.7 Å². The average Bonchev–Trinajstić information content (AvgIpc) is 3.39. The zero-order valence-corrected chi connectivity index (χ0v) is 21.4. The summed E-state index contributed by atoms with van der Waals surface area (Å²) in [5, 5.41) is 32.6. The van der Waals surface area contributed by atoms with E-state index in [1.54, 1.807) is 44.5 Å². The van der Waals surface area contributed by atoms with E-state index in [2.05, 4.69) is 17.0 Å². The van der Waals surface area contributed by atoms with Gasteiger partial charge >= 0.3 is 5.97 Å². The molecule has 4 aromatic rings. The molecule has 0 aliphatic carbocycles. The number of aromatic nitrogens is 1. The molecule has 192 valence electrons. The number of hydrogen-bond acceptors (Lipinski definition) is 8. The van der Waals surface area contributed by atoms with Crippen LogP contribution in [-0.2, 0) is 17.9 Å². The number of aliphatic hydroxyl groups excluding tert-OH is 1. The third-order valence-electron chi connectivity index (χ3n) is 5.91. The number of phenolic OH excluding ortho intramolecular Hbond substituents is 1. The Morgan fingerprint density at radius 2 is 1.70 bits per heavy atom. The average molecular weight is 520 g/mol. The Morgan fingerprint density at radius 3 is 2.35 bits per heavy atom. The molecular weight excluding hydrogens is 490 g/mol. The topological polar surface area (TPSA) is 106 Å². The normalized spacial score (nSPS) is 11.9. The number of methoxy groups -OCH3 is 1. The minimum Gasteiger partial charge on any atom is -0.507 e. The van der Waals surface area contributed by atoms with E-state index in [0.717, 1.165) is 16.3 Å². The van der Waals surface area contributed by atoms with E-state index >= 15 is 0 Å². The molecule has 9 heteroatoms. The van der Waals surface area contributed by atoms with Crippen molar-refractivity contribution in [3.8, 4) is 22.8 Å². The highest BCUT2D eigenvalue weighted by Crippen LogP contribution is 2.36. The van der Waals surface area contributed by atoms with Crippen LogP contribution in [0.2, 0.25) is 0 Å². The van der Waals surface area contributed by atoms with Crippen molar-refractivity contribution in [2.75, 3.05) is 25.6 Å². The van der Waals surface area contributed by atoms with Crippen LogP contribution < -0.4 is 9.64 Å². The Morgan fingerprint density at radius 1 is 1.03 bits per heavy atom. The summed E-state index contributed by atoms with van der Waals surface area (Å²) in [5.41, 5.74) is 4.02. The first-order valence-electron chi connectivity index (χ1n) is 11.6. The Hall–Kier alpha value is -3.92. The number of aliphatic carboxylic acids is 1. The molecule has 8 nitrogen and oxygen atoms in total. The minimum atomic E-state index is -1.01. The maximum absolute atomic E-state index is 11.0. The molecule has 3 N–H and O–H groups in total. The number of carbonyl (C=O) groups is 1. The van der Waals surface area contributed by atoms with Crippen molar-refractivity contribution in [1.29, 1.82) is 0 Å². The SMILES string of the molecule is COc1ccc(O)c(-c2csc(N(Cc3ccccc3)Cc3ccc(C(O)N(C)CC(=O)O)cc3)n2)c1. The van der Waals surface area contributed by atoms with Crippen molar-refractivity contribution in [2.45, 2.75) is 19.3 Å². The molecule has 37 heavy (non-hydrogen) atoms. The highest BCUT2D eigenvalue weighted by Gasteiger charge is 2.18. The quantitative estimate of drug-likeness (QED) is 0.244. The number of carboxylic acids is 1. The Kier molecular flexibility index (Phi) is 8.39. The minimum absolute atomic E-state index is 0.134. The summed E-state index contributed by atoms with van der Waals surface area (Å²) in [6.45, 7) is 0.930. The summed E-state index contributed by atoms with van der Waals surface area (Å²) >= 11 is 1.49. The maximum Gasteiger partial charge on any atom is 0.317 e. The molecule has 0 aliphatic heterocycles. The predicted octanol–water partition coefficient (Wildman–Crippen LogP) is 4.74. The molecule has 1 aromatic heterocycles. The van der Waals surface area contributed by atoms with Gasteiger partial charge in [0.05, 0.1) is 19.3 Å². The van der Waals surface area contributed by atoms with E-state index in [1.807, 2.05) is 35.7 Å². The lowest BCUT2D eigenvalue weighted by Gasteiger charge is -2.24. The van der Waals surface area contributed by atoms with Crippen molar-refractivity contribution in [2.24, 2.45) is 0 Å². The summed E-state index contributed by atoms with van der Waals surface area (Å²) in [5.74, 6) is -0.228. The molecule has 0 spiro atoms. The number of phenols is 1. The second-order valence-electron chi connectivity index (χ2n) is 8.66. The van der Waals surface area contributed by atoms with E-state index < -0.39 is 12.2 Å². The van der Waals surface area contributed by atoms with Crippen molar-refractivity contribution >= 4 is 22.4 Å². The van der Waals surface area contributed by atoms with E-state index in [-0.39, 0.29) is 12.3 Å². The molecule has 3 aromatic carbocycles. The van der Waals surface area contributed by atoms with E-state index in [1.165, 1.54) is 16.2 Å². The zero-order valence-electron chi connectivity index (χ0n) is 20.6. The first-order valence-corrected chi connectivity index (χ1v) is 12.5. The van der Waals surface area contributed by atoms with Gasteiger partial charge in [-0.15, -0.1) is 11.3 Å². The number of thiazole rings is 1. The Bertz CT molecular complexity index is 1330. The van der Waals surface area contributed by atoms with Crippen molar-refractivity contribution < 1.29 is 24.9 Å². The molecule has 4 rings (SSSR count). The number of aliphatic hydroxyl groups is 1. The highest BCUT2D eigenvalue weighted by atomic mass is 32.1. The van der Waals surface area contributed by atoms with Crippen LogP contribution in [-0.4, -0.2) is 51.9 Å². The fraction of sp³-hybridized carbons (Fsp3) is 0.214. The van der Waals surface area contributed by atoms with Gasteiger partial charge in [-0.05, 0) is 41.9 Å². The lowest BCUT2D eigenvalue weighted by molar-refractivity contribution is -0.140. The second kappa shape index (κ2) is 11.9. The molecule has 0 amide bonds. The molecule has 0 bridgehead atoms. The van der Waals surface area contributed by atoms with Crippen LogP contribution in [0.3, 0.4) is 0 Å². The third-order valence-corrected chi connectivity index (χ3v) is 6.81. The van der Waals surface area contributed by atoms with Crippen molar-refractivity contribution in [1.82, 2.24) is 9.88 Å². The summed E-state index contributed by atoms with van der Waals surface area (Å²) in [6, 6.07) is 22.6. The molecule has 1 atom stereocenters. The molecule has 0 saturated carbocycles. The third kappa shape index (κ3) is 6.65. The van der Waals surface area contributed by atoms with Crippen LogP contribution in [0.1, 0.15) is 22.9 Å². The summed E-state index contributed by atoms with van der Waals surface area (Å²) in [6.07, 6.45) is -1.01. The lowest BCUT2D eigenvalue weighted by Crippen LogP contribution is -2.30. The van der Waals surface area contributed by atoms with Gasteiger partial charge in [-0.25, -0.2) is 4.98 Å². The number of nitrogens with zero attached hydrogens (tertiary/aromatic N) is 3. The van der Waals surface area contributed by atoms with Gasteiger partial charge in [0.25, 0.3) is 0 Å². The van der Waals surface area contributed by atoms with Gasteiger partial charge in [0.2, 0.25) is 0 Å². The smallest absolute Gasteiger partial charge is 0.317 e. The van der Waals surface area contributed by atoms with Crippen LogP contribution in [0.25, 0.3) is 11.3 Å². The number of anilines is 1. The number of carboxylic acid groups (broad SMARTS) is 1. The van der Waals surface area contributed by atoms with Gasteiger partial charge in [0.15, 0.2) is 5.13 Å². The summed E-state index contributed by atoms with van der Waals surface area (Å²) < 4.78 is 5.31. The predicted molar refractivity (Wildman–Crippen MR) is 144 cm³/mol. The summed E-state index contributed by atoms with van der Waals surface area (Å²) in [4.78, 5) is 19.3. The molecule has 1 heterocycles. The van der Waals surface area contributed by atoms with E-state index in [4.69, 9.17) is 14.8 Å². The monoisotopic (exact) mass is 519 g/mol. The fourth-order valence-electron chi connectivity index (χ4n) is 3.95. The Balaban J connectivity index is 1.58. The molecule has 0 saturated heterocycles. The standard InChI is InChI=1S/C28H29N3O5S/c1-30(17-26(33)34)27(35)21-10-8-20(9-11-21)16-31(15-19-6-4-3-5-7-19)28-29-24(18-37-28)23-14-22(36-2)12-13-25(23)32/h3-14,18,27,32,35H,15-17H2,1-2H3,(H,33,34). The van der Waals surface area contributed by atoms with Crippen LogP contribution in [0.5, 0.6) is 11.5 Å². The van der Waals surface area contributed by atoms with Crippen LogP contribution in [0.4, 0.5) is 5.13 Å². The Labute approximate surface area is 219 Å². The van der Waals surface area contributed by atoms with E-state index in [0.29, 0.717) is 35.7 Å². The van der Waals surface area contributed by atoms with Gasteiger partial charge in [0, 0.05) is 24.0 Å². The molecule has 0 fully saturated rings. The van der Waals surface area contributed by atoms with Crippen LogP contribution in [0.15, 0.2) is 78.2 Å². The largest absolute Gasteiger partial charge is 0.507 e.